The monoisotopic (exact) mass is 346 g/mol. The van der Waals surface area contributed by atoms with Crippen LogP contribution in [0.3, 0.4) is 0 Å². The van der Waals surface area contributed by atoms with Crippen LogP contribution in [0.4, 0.5) is 11.4 Å². The van der Waals surface area contributed by atoms with Gasteiger partial charge in [0.1, 0.15) is 5.75 Å². The summed E-state index contributed by atoms with van der Waals surface area (Å²) in [5, 5.41) is 0. The van der Waals surface area contributed by atoms with Gasteiger partial charge in [-0.15, -0.1) is 12.4 Å². The summed E-state index contributed by atoms with van der Waals surface area (Å²) in [6.07, 6.45) is 4.07. The summed E-state index contributed by atoms with van der Waals surface area (Å²) < 4.78 is 5.28. The van der Waals surface area contributed by atoms with E-state index < -0.39 is 0 Å². The average Bonchev–Trinajstić information content (AvgIpc) is 2.64. The lowest BCUT2D eigenvalue weighted by atomic mass is 10.1. The molecule has 130 valence electrons. The third-order valence-corrected chi connectivity index (χ3v) is 4.54. The molecule has 0 amide bonds. The number of anilines is 2. The molecule has 1 aliphatic rings. The Kier molecular flexibility index (Phi) is 7.41. The van der Waals surface area contributed by atoms with Gasteiger partial charge in [0.05, 0.1) is 7.11 Å². The fraction of sp³-hybridized carbons (Fsp3) is 0.400. The van der Waals surface area contributed by atoms with Crippen molar-refractivity contribution >= 4 is 23.8 Å². The van der Waals surface area contributed by atoms with E-state index in [-0.39, 0.29) is 12.4 Å². The van der Waals surface area contributed by atoms with Crippen molar-refractivity contribution in [1.82, 2.24) is 4.90 Å². The number of hydrogen-bond acceptors (Lipinski definition) is 3. The second-order valence-corrected chi connectivity index (χ2v) is 6.09. The molecule has 24 heavy (non-hydrogen) atoms. The summed E-state index contributed by atoms with van der Waals surface area (Å²) >= 11 is 0. The minimum Gasteiger partial charge on any atom is -0.497 e. The number of hydrogen-bond donors (Lipinski definition) is 0. The van der Waals surface area contributed by atoms with Gasteiger partial charge in [0, 0.05) is 24.5 Å². The Morgan fingerprint density at radius 2 is 1.50 bits per heavy atom. The van der Waals surface area contributed by atoms with E-state index in [0.29, 0.717) is 0 Å². The van der Waals surface area contributed by atoms with E-state index in [1.165, 1.54) is 43.7 Å². The Morgan fingerprint density at radius 3 is 2.12 bits per heavy atom. The molecule has 0 aliphatic carbocycles. The minimum atomic E-state index is 0. The van der Waals surface area contributed by atoms with Crippen LogP contribution in [0.1, 0.15) is 19.3 Å². The zero-order valence-corrected chi connectivity index (χ0v) is 15.2. The van der Waals surface area contributed by atoms with Gasteiger partial charge in [-0.25, -0.2) is 0 Å². The van der Waals surface area contributed by atoms with Crippen LogP contribution in [0, 0.1) is 0 Å². The normalized spacial score (nSPS) is 14.7. The predicted octanol–water partition coefficient (Wildman–Crippen LogP) is 4.74. The number of methoxy groups -OCH3 is 1. The van der Waals surface area contributed by atoms with E-state index in [1.54, 1.807) is 7.11 Å². The highest BCUT2D eigenvalue weighted by Gasteiger charge is 2.14. The van der Waals surface area contributed by atoms with Gasteiger partial charge in [0.2, 0.25) is 0 Å². The number of benzene rings is 2. The highest BCUT2D eigenvalue weighted by Crippen LogP contribution is 2.27. The molecule has 0 unspecified atom stereocenters. The summed E-state index contributed by atoms with van der Waals surface area (Å²) in [6, 6.07) is 19.0. The number of ether oxygens (including phenoxy) is 1. The van der Waals surface area contributed by atoms with Gasteiger partial charge < -0.3 is 14.5 Å². The van der Waals surface area contributed by atoms with Gasteiger partial charge in [0.25, 0.3) is 0 Å². The summed E-state index contributed by atoms with van der Waals surface area (Å²) in [4.78, 5) is 4.98. The Morgan fingerprint density at radius 1 is 0.875 bits per heavy atom. The largest absolute Gasteiger partial charge is 0.497 e. The average molecular weight is 347 g/mol. The van der Waals surface area contributed by atoms with Gasteiger partial charge in [-0.3, -0.25) is 0 Å². The van der Waals surface area contributed by atoms with Crippen molar-refractivity contribution in [3.05, 3.63) is 54.6 Å². The van der Waals surface area contributed by atoms with Crippen molar-refractivity contribution in [3.63, 3.8) is 0 Å². The smallest absolute Gasteiger partial charge is 0.119 e. The molecule has 3 nitrogen and oxygen atoms in total. The summed E-state index contributed by atoms with van der Waals surface area (Å²) in [6.45, 7) is 4.60. The van der Waals surface area contributed by atoms with Crippen molar-refractivity contribution in [2.24, 2.45) is 0 Å². The minimum absolute atomic E-state index is 0. The molecule has 0 bridgehead atoms. The van der Waals surface area contributed by atoms with Crippen molar-refractivity contribution < 1.29 is 4.74 Å². The predicted molar refractivity (Wildman–Crippen MR) is 104 cm³/mol. The van der Waals surface area contributed by atoms with Crippen LogP contribution in [0.2, 0.25) is 0 Å². The molecule has 3 rings (SSSR count). The van der Waals surface area contributed by atoms with E-state index in [2.05, 4.69) is 52.3 Å². The third-order valence-electron chi connectivity index (χ3n) is 4.54. The molecule has 2 aromatic carbocycles. The van der Waals surface area contributed by atoms with Crippen molar-refractivity contribution in [2.75, 3.05) is 38.2 Å². The van der Waals surface area contributed by atoms with Gasteiger partial charge in [-0.2, -0.15) is 0 Å². The van der Waals surface area contributed by atoms with Gasteiger partial charge in [-0.05, 0) is 62.3 Å². The summed E-state index contributed by atoms with van der Waals surface area (Å²) in [5.74, 6) is 0.901. The lowest BCUT2D eigenvalue weighted by Crippen LogP contribution is -2.36. The van der Waals surface area contributed by atoms with Gasteiger partial charge in [0.15, 0.2) is 0 Å². The SMILES string of the molecule is COc1ccc(N(CCN2CCCCC2)c2ccccc2)cc1.Cl. The summed E-state index contributed by atoms with van der Waals surface area (Å²) in [7, 11) is 1.71. The first-order chi connectivity index (χ1) is 11.4. The van der Waals surface area contributed by atoms with Crippen LogP contribution >= 0.6 is 12.4 Å². The maximum absolute atomic E-state index is 5.28. The number of likely N-dealkylation sites (tertiary alicyclic amines) is 1. The second kappa shape index (κ2) is 9.55. The quantitative estimate of drug-likeness (QED) is 0.751. The third kappa shape index (κ3) is 4.89. The first-order valence-electron chi connectivity index (χ1n) is 8.56. The molecule has 0 saturated carbocycles. The van der Waals surface area contributed by atoms with Gasteiger partial charge in [-0.1, -0.05) is 24.6 Å². The Balaban J connectivity index is 0.00000208. The highest BCUT2D eigenvalue weighted by atomic mass is 35.5. The molecule has 4 heteroatoms. The fourth-order valence-corrected chi connectivity index (χ4v) is 3.20. The molecule has 1 saturated heterocycles. The number of nitrogens with zero attached hydrogens (tertiary/aromatic N) is 2. The maximum atomic E-state index is 5.28. The van der Waals surface area contributed by atoms with E-state index in [1.807, 2.05) is 12.1 Å². The number of rotatable bonds is 6. The zero-order valence-electron chi connectivity index (χ0n) is 14.4. The van der Waals surface area contributed by atoms with Crippen molar-refractivity contribution in [3.8, 4) is 5.75 Å². The molecular formula is C20H27ClN2O. The molecule has 0 aromatic heterocycles. The molecule has 1 heterocycles. The molecule has 0 radical (unpaired) electrons. The highest BCUT2D eigenvalue weighted by molar-refractivity contribution is 5.85. The number of piperidine rings is 1. The molecule has 0 atom stereocenters. The fourth-order valence-electron chi connectivity index (χ4n) is 3.20. The van der Waals surface area contributed by atoms with Crippen LogP contribution in [0.15, 0.2) is 54.6 Å². The summed E-state index contributed by atoms with van der Waals surface area (Å²) in [5.41, 5.74) is 2.46. The lowest BCUT2D eigenvalue weighted by molar-refractivity contribution is 0.234. The molecule has 2 aromatic rings. The van der Waals surface area contributed by atoms with Crippen LogP contribution in [-0.4, -0.2) is 38.2 Å². The van der Waals surface area contributed by atoms with Crippen molar-refractivity contribution in [2.45, 2.75) is 19.3 Å². The van der Waals surface area contributed by atoms with E-state index in [4.69, 9.17) is 4.74 Å². The van der Waals surface area contributed by atoms with Crippen molar-refractivity contribution in [1.29, 1.82) is 0 Å². The van der Waals surface area contributed by atoms with E-state index in [0.717, 1.165) is 18.8 Å². The molecule has 1 fully saturated rings. The Hall–Kier alpha value is -1.71. The van der Waals surface area contributed by atoms with Gasteiger partial charge >= 0.3 is 0 Å². The van der Waals surface area contributed by atoms with E-state index in [9.17, 15) is 0 Å². The zero-order chi connectivity index (χ0) is 15.9. The molecule has 0 N–H and O–H groups in total. The van der Waals surface area contributed by atoms with E-state index >= 15 is 0 Å². The molecule has 0 spiro atoms. The van der Waals surface area contributed by atoms with Crippen LogP contribution in [0.5, 0.6) is 5.75 Å². The standard InChI is InChI=1S/C20H26N2O.ClH/c1-23-20-12-10-19(11-13-20)22(18-8-4-2-5-9-18)17-16-21-14-6-3-7-15-21;/h2,4-5,8-13H,3,6-7,14-17H2,1H3;1H. The maximum Gasteiger partial charge on any atom is 0.119 e. The van der Waals surface area contributed by atoms with Crippen LogP contribution < -0.4 is 9.64 Å². The Labute approximate surface area is 151 Å². The topological polar surface area (TPSA) is 15.7 Å². The van der Waals surface area contributed by atoms with Crippen LogP contribution in [0.25, 0.3) is 0 Å². The first-order valence-corrected chi connectivity index (χ1v) is 8.56. The van der Waals surface area contributed by atoms with Crippen LogP contribution in [-0.2, 0) is 0 Å². The Bertz CT molecular complexity index is 582. The second-order valence-electron chi connectivity index (χ2n) is 6.09. The first kappa shape index (κ1) is 18.6. The lowest BCUT2D eigenvalue weighted by Gasteiger charge is -2.31. The molecule has 1 aliphatic heterocycles. The number of halogens is 1. The molecular weight excluding hydrogens is 320 g/mol. The number of para-hydroxylation sites is 1.